The SMILES string of the molecule is Nc1ccccc1N1CCN(CCOC2=CC3C=Nc4c([nH]ccc4=O)N3C2)CC1. The van der Waals surface area contributed by atoms with E-state index in [4.69, 9.17) is 10.5 Å². The number of nitrogens with one attached hydrogen (secondary N) is 1. The third kappa shape index (κ3) is 3.54. The molecule has 4 heterocycles. The van der Waals surface area contributed by atoms with Crippen molar-refractivity contribution in [3.05, 3.63) is 58.6 Å². The molecular weight excluding hydrogens is 380 g/mol. The monoisotopic (exact) mass is 406 g/mol. The van der Waals surface area contributed by atoms with Crippen molar-refractivity contribution < 1.29 is 4.74 Å². The van der Waals surface area contributed by atoms with Crippen LogP contribution in [-0.2, 0) is 4.74 Å². The number of ether oxygens (including phenoxy) is 1. The second-order valence-corrected chi connectivity index (χ2v) is 7.80. The van der Waals surface area contributed by atoms with Gasteiger partial charge in [0.1, 0.15) is 18.2 Å². The summed E-state index contributed by atoms with van der Waals surface area (Å²) in [5.41, 5.74) is 8.48. The molecule has 1 aromatic carbocycles. The maximum absolute atomic E-state index is 12.0. The number of benzene rings is 1. The normalized spacial score (nSPS) is 20.7. The lowest BCUT2D eigenvalue weighted by atomic mass is 10.2. The minimum absolute atomic E-state index is 0.0328. The Morgan fingerprint density at radius 3 is 2.83 bits per heavy atom. The average Bonchev–Trinajstić information content (AvgIpc) is 3.18. The highest BCUT2D eigenvalue weighted by molar-refractivity contribution is 5.85. The first kappa shape index (κ1) is 18.7. The van der Waals surface area contributed by atoms with E-state index in [2.05, 4.69) is 36.8 Å². The topological polar surface area (TPSA) is 90.2 Å². The van der Waals surface area contributed by atoms with Crippen LogP contribution in [-0.4, -0.2) is 68.0 Å². The molecule has 3 aliphatic heterocycles. The fraction of sp³-hybridized carbons (Fsp3) is 0.364. The van der Waals surface area contributed by atoms with Crippen LogP contribution in [0.2, 0.25) is 0 Å². The molecule has 3 N–H and O–H groups in total. The van der Waals surface area contributed by atoms with Crippen LogP contribution in [0.25, 0.3) is 0 Å². The minimum atomic E-state index is -0.0655. The number of hydrogen-bond donors (Lipinski definition) is 2. The van der Waals surface area contributed by atoms with Gasteiger partial charge in [-0.25, -0.2) is 0 Å². The van der Waals surface area contributed by atoms with Crippen LogP contribution in [0.1, 0.15) is 0 Å². The van der Waals surface area contributed by atoms with E-state index in [1.54, 1.807) is 6.20 Å². The molecule has 2 aromatic rings. The zero-order valence-corrected chi connectivity index (χ0v) is 16.8. The summed E-state index contributed by atoms with van der Waals surface area (Å²) >= 11 is 0. The van der Waals surface area contributed by atoms with Crippen molar-refractivity contribution in [2.45, 2.75) is 6.04 Å². The second-order valence-electron chi connectivity index (χ2n) is 7.80. The van der Waals surface area contributed by atoms with Gasteiger partial charge in [-0.3, -0.25) is 14.7 Å². The Hall–Kier alpha value is -3.26. The van der Waals surface area contributed by atoms with Crippen molar-refractivity contribution >= 4 is 29.1 Å². The number of nitrogens with two attached hydrogens (primary N) is 1. The smallest absolute Gasteiger partial charge is 0.209 e. The van der Waals surface area contributed by atoms with Gasteiger partial charge < -0.3 is 25.3 Å². The number of piperazine rings is 1. The van der Waals surface area contributed by atoms with Crippen LogP contribution in [0.5, 0.6) is 0 Å². The van der Waals surface area contributed by atoms with E-state index < -0.39 is 0 Å². The number of aromatic nitrogens is 1. The molecule has 1 aromatic heterocycles. The summed E-state index contributed by atoms with van der Waals surface area (Å²) < 4.78 is 6.06. The molecule has 1 atom stereocenters. The maximum atomic E-state index is 12.0. The van der Waals surface area contributed by atoms with Gasteiger partial charge in [0.2, 0.25) is 5.43 Å². The van der Waals surface area contributed by atoms with Crippen LogP contribution >= 0.6 is 0 Å². The first-order chi connectivity index (χ1) is 14.7. The highest BCUT2D eigenvalue weighted by atomic mass is 16.5. The standard InChI is InChI=1S/C22H26N6O2/c23-18-3-1-2-4-19(18)27-9-7-26(8-10-27)11-12-30-17-13-16-14-25-21-20(29)5-6-24-22(21)28(16)15-17/h1-6,13-14,16H,7-12,15,23H2,(H,24,29). The molecule has 3 aliphatic rings. The lowest BCUT2D eigenvalue weighted by Gasteiger charge is -2.36. The van der Waals surface area contributed by atoms with Gasteiger partial charge in [0.15, 0.2) is 5.69 Å². The number of fused-ring (bicyclic) bond motifs is 3. The number of aliphatic imine (C=N–C) groups is 1. The van der Waals surface area contributed by atoms with E-state index in [9.17, 15) is 4.79 Å². The average molecular weight is 406 g/mol. The van der Waals surface area contributed by atoms with Crippen molar-refractivity contribution in [1.29, 1.82) is 0 Å². The molecule has 0 bridgehead atoms. The number of nitrogens with zero attached hydrogens (tertiary/aromatic N) is 4. The molecule has 1 saturated heterocycles. The molecule has 5 rings (SSSR count). The number of para-hydroxylation sites is 2. The lowest BCUT2D eigenvalue weighted by Crippen LogP contribution is -2.47. The summed E-state index contributed by atoms with van der Waals surface area (Å²) in [4.78, 5) is 26.4. The van der Waals surface area contributed by atoms with Crippen molar-refractivity contribution in [3.8, 4) is 0 Å². The van der Waals surface area contributed by atoms with Gasteiger partial charge >= 0.3 is 0 Å². The zero-order chi connectivity index (χ0) is 20.5. The minimum Gasteiger partial charge on any atom is -0.495 e. The molecular formula is C22H26N6O2. The number of anilines is 3. The molecule has 156 valence electrons. The van der Waals surface area contributed by atoms with Gasteiger partial charge in [-0.1, -0.05) is 12.1 Å². The van der Waals surface area contributed by atoms with Crippen molar-refractivity contribution in [2.24, 2.45) is 4.99 Å². The quantitative estimate of drug-likeness (QED) is 0.733. The van der Waals surface area contributed by atoms with Crippen LogP contribution in [0.15, 0.2) is 58.2 Å². The Bertz CT molecular complexity index is 1040. The highest BCUT2D eigenvalue weighted by Crippen LogP contribution is 2.32. The number of H-pyrrole nitrogens is 1. The Kier molecular flexibility index (Phi) is 4.92. The summed E-state index contributed by atoms with van der Waals surface area (Å²) in [6.45, 7) is 6.10. The van der Waals surface area contributed by atoms with Gasteiger partial charge in [0.05, 0.1) is 24.0 Å². The fourth-order valence-electron chi connectivity index (χ4n) is 4.30. The Labute approximate surface area is 175 Å². The maximum Gasteiger partial charge on any atom is 0.209 e. The zero-order valence-electron chi connectivity index (χ0n) is 16.8. The van der Waals surface area contributed by atoms with Crippen molar-refractivity contribution in [3.63, 3.8) is 0 Å². The summed E-state index contributed by atoms with van der Waals surface area (Å²) in [6.07, 6.45) is 5.55. The third-order valence-corrected chi connectivity index (χ3v) is 5.94. The third-order valence-electron chi connectivity index (χ3n) is 5.94. The van der Waals surface area contributed by atoms with E-state index in [1.165, 1.54) is 6.07 Å². The summed E-state index contributed by atoms with van der Waals surface area (Å²) in [5, 5.41) is 0. The van der Waals surface area contributed by atoms with Gasteiger partial charge in [0, 0.05) is 51.2 Å². The predicted octanol–water partition coefficient (Wildman–Crippen LogP) is 1.58. The Morgan fingerprint density at radius 1 is 1.17 bits per heavy atom. The predicted molar refractivity (Wildman–Crippen MR) is 120 cm³/mol. The molecule has 0 radical (unpaired) electrons. The fourth-order valence-corrected chi connectivity index (χ4v) is 4.30. The molecule has 1 unspecified atom stereocenters. The number of nitrogen functional groups attached to an aromatic ring is 1. The van der Waals surface area contributed by atoms with Crippen LogP contribution in [0.3, 0.4) is 0 Å². The summed E-state index contributed by atoms with van der Waals surface area (Å²) in [6, 6.07) is 9.59. The highest BCUT2D eigenvalue weighted by Gasteiger charge is 2.31. The van der Waals surface area contributed by atoms with E-state index >= 15 is 0 Å². The Morgan fingerprint density at radius 2 is 2.00 bits per heavy atom. The van der Waals surface area contributed by atoms with Gasteiger partial charge in [-0.05, 0) is 18.2 Å². The molecule has 1 fully saturated rings. The largest absolute Gasteiger partial charge is 0.495 e. The van der Waals surface area contributed by atoms with Gasteiger partial charge in [-0.15, -0.1) is 0 Å². The van der Waals surface area contributed by atoms with E-state index in [0.29, 0.717) is 18.8 Å². The molecule has 0 spiro atoms. The van der Waals surface area contributed by atoms with Crippen LogP contribution in [0, 0.1) is 0 Å². The number of aromatic amines is 1. The molecule has 0 saturated carbocycles. The summed E-state index contributed by atoms with van der Waals surface area (Å²) in [5.74, 6) is 1.70. The van der Waals surface area contributed by atoms with E-state index in [-0.39, 0.29) is 11.5 Å². The lowest BCUT2D eigenvalue weighted by molar-refractivity contribution is 0.153. The molecule has 8 nitrogen and oxygen atoms in total. The van der Waals surface area contributed by atoms with Gasteiger partial charge in [-0.2, -0.15) is 0 Å². The van der Waals surface area contributed by atoms with Crippen molar-refractivity contribution in [1.82, 2.24) is 9.88 Å². The summed E-state index contributed by atoms with van der Waals surface area (Å²) in [7, 11) is 0. The Balaban J connectivity index is 1.11. The molecule has 30 heavy (non-hydrogen) atoms. The first-order valence-corrected chi connectivity index (χ1v) is 10.4. The first-order valence-electron chi connectivity index (χ1n) is 10.4. The van der Waals surface area contributed by atoms with Crippen LogP contribution < -0.4 is 21.0 Å². The second kappa shape index (κ2) is 7.87. The number of hydrogen-bond acceptors (Lipinski definition) is 7. The van der Waals surface area contributed by atoms with Crippen LogP contribution in [0.4, 0.5) is 22.9 Å². The van der Waals surface area contributed by atoms with E-state index in [0.717, 1.165) is 55.7 Å². The van der Waals surface area contributed by atoms with Crippen molar-refractivity contribution in [2.75, 3.05) is 61.4 Å². The molecule has 8 heteroatoms. The molecule has 0 aliphatic carbocycles. The van der Waals surface area contributed by atoms with E-state index in [1.807, 2.05) is 24.4 Å². The van der Waals surface area contributed by atoms with Gasteiger partial charge in [0.25, 0.3) is 0 Å². The molecule has 0 amide bonds. The number of rotatable bonds is 5. The number of pyridine rings is 1.